The number of aliphatic hydroxyl groups is 1. The van der Waals surface area contributed by atoms with Gasteiger partial charge in [0.05, 0.1) is 18.6 Å². The van der Waals surface area contributed by atoms with Crippen molar-refractivity contribution < 1.29 is 47.4 Å². The van der Waals surface area contributed by atoms with Crippen LogP contribution in [-0.4, -0.2) is 22.9 Å². The van der Waals surface area contributed by atoms with E-state index >= 15 is 0 Å². The molecule has 1 aromatic carbocycles. The number of Topliss-reactive ketones (excluding diaryl/α,β-unsaturated/α-hetero) is 1. The van der Waals surface area contributed by atoms with E-state index < -0.39 is 6.10 Å². The number of hydrogen-bond acceptors (Lipinski definition) is 3. The van der Waals surface area contributed by atoms with E-state index in [0.717, 1.165) is 5.56 Å². The standard InChI is InChI=1S/C14H18NO3.Y/c1-10(16)8-13(17)9-14(18)15-11(2)12-6-4-3-5-7-12;/h3-7,11,13,17H,1,8-9H2,2H3,(H,15,18);/q-1;/t11-,13-;/m0./s1. The van der Waals surface area contributed by atoms with Crippen LogP contribution in [0.3, 0.4) is 0 Å². The van der Waals surface area contributed by atoms with Gasteiger partial charge in [0.25, 0.3) is 0 Å². The van der Waals surface area contributed by atoms with Gasteiger partial charge in [-0.25, -0.2) is 0 Å². The molecule has 0 fully saturated rings. The second-order valence-corrected chi connectivity index (χ2v) is 4.30. The average Bonchev–Trinajstić information content (AvgIpc) is 2.28. The summed E-state index contributed by atoms with van der Waals surface area (Å²) in [5, 5.41) is 12.2. The number of rotatable bonds is 6. The summed E-state index contributed by atoms with van der Waals surface area (Å²) in [4.78, 5) is 22.3. The molecule has 0 saturated carbocycles. The van der Waals surface area contributed by atoms with Crippen LogP contribution in [-0.2, 0) is 42.3 Å². The van der Waals surface area contributed by atoms with Crippen molar-refractivity contribution in [3.63, 3.8) is 0 Å². The average molecular weight is 337 g/mol. The summed E-state index contributed by atoms with van der Waals surface area (Å²) in [6.45, 7) is 5.03. The van der Waals surface area contributed by atoms with Crippen LogP contribution in [0.15, 0.2) is 30.3 Å². The molecule has 2 N–H and O–H groups in total. The first-order valence-corrected chi connectivity index (χ1v) is 5.86. The topological polar surface area (TPSA) is 66.4 Å². The van der Waals surface area contributed by atoms with Crippen LogP contribution in [0.1, 0.15) is 31.4 Å². The fourth-order valence-electron chi connectivity index (χ4n) is 1.67. The van der Waals surface area contributed by atoms with E-state index in [1.807, 2.05) is 37.3 Å². The Morgan fingerprint density at radius 1 is 1.26 bits per heavy atom. The van der Waals surface area contributed by atoms with E-state index in [4.69, 9.17) is 0 Å². The maximum atomic E-state index is 11.6. The third-order valence-corrected chi connectivity index (χ3v) is 2.56. The van der Waals surface area contributed by atoms with E-state index in [-0.39, 0.29) is 63.3 Å². The second-order valence-electron chi connectivity index (χ2n) is 4.30. The van der Waals surface area contributed by atoms with Crippen molar-refractivity contribution in [1.82, 2.24) is 5.32 Å². The van der Waals surface area contributed by atoms with Gasteiger partial charge in [0.15, 0.2) is 0 Å². The van der Waals surface area contributed by atoms with Gasteiger partial charge < -0.3 is 22.1 Å². The van der Waals surface area contributed by atoms with E-state index in [1.165, 1.54) is 0 Å². The summed E-state index contributed by atoms with van der Waals surface area (Å²) in [5.74, 6) is -0.647. The molecule has 0 bridgehead atoms. The van der Waals surface area contributed by atoms with Crippen LogP contribution >= 0.6 is 0 Å². The van der Waals surface area contributed by atoms with Gasteiger partial charge in [-0.05, 0) is 18.3 Å². The number of ketones is 1. The normalized spacial score (nSPS) is 12.9. The number of amides is 1. The van der Waals surface area contributed by atoms with Gasteiger partial charge in [-0.1, -0.05) is 30.3 Å². The molecule has 0 spiro atoms. The van der Waals surface area contributed by atoms with Gasteiger partial charge in [-0.2, -0.15) is 0 Å². The molecule has 1 amide bonds. The van der Waals surface area contributed by atoms with Crippen molar-refractivity contribution in [2.75, 3.05) is 0 Å². The maximum Gasteiger partial charge on any atom is 0.223 e. The number of hydrogen-bond donors (Lipinski definition) is 2. The van der Waals surface area contributed by atoms with Crippen LogP contribution in [0.2, 0.25) is 0 Å². The number of nitrogens with one attached hydrogen (secondary N) is 1. The minimum atomic E-state index is -0.960. The summed E-state index contributed by atoms with van der Waals surface area (Å²) >= 11 is 0. The Bertz CT molecular complexity index is 408. The Morgan fingerprint density at radius 3 is 2.37 bits per heavy atom. The molecule has 0 heterocycles. The predicted octanol–water partition coefficient (Wildman–Crippen LogP) is 1.41. The Labute approximate surface area is 138 Å². The van der Waals surface area contributed by atoms with Gasteiger partial charge in [-0.3, -0.25) is 4.79 Å². The van der Waals surface area contributed by atoms with Crippen LogP contribution in [0.5, 0.6) is 0 Å². The van der Waals surface area contributed by atoms with Crippen LogP contribution in [0.4, 0.5) is 0 Å². The molecule has 19 heavy (non-hydrogen) atoms. The SMILES string of the molecule is [CH2-]C(=O)C[C@H](O)CC(=O)N[C@@H](C)c1ccccc1.[Y]. The van der Waals surface area contributed by atoms with Crippen molar-refractivity contribution in [1.29, 1.82) is 0 Å². The van der Waals surface area contributed by atoms with Crippen molar-refractivity contribution in [3.05, 3.63) is 42.8 Å². The first kappa shape index (κ1) is 18.3. The number of aliphatic hydroxyl groups excluding tert-OH is 1. The molecule has 1 rings (SSSR count). The van der Waals surface area contributed by atoms with Crippen molar-refractivity contribution in [2.45, 2.75) is 31.9 Å². The Morgan fingerprint density at radius 2 is 1.84 bits per heavy atom. The molecule has 0 unspecified atom stereocenters. The molecule has 0 aromatic heterocycles. The van der Waals surface area contributed by atoms with E-state index in [9.17, 15) is 14.7 Å². The number of benzene rings is 1. The minimum absolute atomic E-state index is 0. The molecule has 0 aliphatic heterocycles. The summed E-state index contributed by atoms with van der Waals surface area (Å²) in [7, 11) is 0. The van der Waals surface area contributed by atoms with E-state index in [1.54, 1.807) is 0 Å². The summed E-state index contributed by atoms with van der Waals surface area (Å²) < 4.78 is 0. The zero-order valence-electron chi connectivity index (χ0n) is 11.0. The molecule has 0 saturated heterocycles. The first-order chi connectivity index (χ1) is 8.49. The predicted molar refractivity (Wildman–Crippen MR) is 68.6 cm³/mol. The Balaban J connectivity index is 0.00000324. The van der Waals surface area contributed by atoms with Crippen LogP contribution in [0.25, 0.3) is 0 Å². The third kappa shape index (κ3) is 7.45. The molecule has 0 aliphatic carbocycles. The van der Waals surface area contributed by atoms with Crippen LogP contribution in [0, 0.1) is 6.92 Å². The van der Waals surface area contributed by atoms with Crippen molar-refractivity contribution >= 4 is 11.7 Å². The monoisotopic (exact) mass is 337 g/mol. The van der Waals surface area contributed by atoms with Gasteiger partial charge in [-0.15, -0.1) is 0 Å². The molecule has 1 radical (unpaired) electrons. The van der Waals surface area contributed by atoms with Gasteiger partial charge in [0.1, 0.15) is 0 Å². The molecule has 1 aromatic rings. The molecular formula is C14H18NO3Y-. The molecule has 4 nitrogen and oxygen atoms in total. The second kappa shape index (κ2) is 9.24. The van der Waals surface area contributed by atoms with Gasteiger partial charge in [0, 0.05) is 39.1 Å². The van der Waals surface area contributed by atoms with Gasteiger partial charge in [0.2, 0.25) is 5.91 Å². The van der Waals surface area contributed by atoms with Crippen molar-refractivity contribution in [2.24, 2.45) is 0 Å². The number of carbonyl (C=O) groups is 2. The Kier molecular flexibility index (Phi) is 8.89. The fraction of sp³-hybridized carbons (Fsp3) is 0.357. The first-order valence-electron chi connectivity index (χ1n) is 5.86. The zero-order chi connectivity index (χ0) is 13.5. The smallest absolute Gasteiger partial charge is 0.223 e. The molecule has 101 valence electrons. The molecular weight excluding hydrogens is 319 g/mol. The van der Waals surface area contributed by atoms with E-state index in [0.29, 0.717) is 0 Å². The van der Waals surface area contributed by atoms with Crippen molar-refractivity contribution in [3.8, 4) is 0 Å². The largest absolute Gasteiger partial charge is 0.392 e. The summed E-state index contributed by atoms with van der Waals surface area (Å²) in [6, 6.07) is 9.41. The molecule has 2 atom stereocenters. The zero-order valence-corrected chi connectivity index (χ0v) is 13.8. The number of carbonyl (C=O) groups excluding carboxylic acids is 2. The fourth-order valence-corrected chi connectivity index (χ4v) is 1.67. The quantitative estimate of drug-likeness (QED) is 0.772. The maximum absolute atomic E-state index is 11.6. The van der Waals surface area contributed by atoms with Crippen LogP contribution < -0.4 is 5.32 Å². The summed E-state index contributed by atoms with van der Waals surface area (Å²) in [6.07, 6.45) is -1.14. The third-order valence-electron chi connectivity index (χ3n) is 2.56. The molecule has 5 heteroatoms. The summed E-state index contributed by atoms with van der Waals surface area (Å²) in [5.41, 5.74) is 0.994. The Hall–Kier alpha value is -0.706. The van der Waals surface area contributed by atoms with E-state index in [2.05, 4.69) is 12.2 Å². The van der Waals surface area contributed by atoms with Gasteiger partial charge >= 0.3 is 0 Å². The minimum Gasteiger partial charge on any atom is -0.392 e. The molecule has 0 aliphatic rings.